The minimum Gasteiger partial charge on any atom is -0.480 e. The molecule has 346 valence electrons. The number of unbranched alkanes of at least 4 members (excludes halogenated alkanes) is 6. The second-order valence-electron chi connectivity index (χ2n) is 18.8. The number of rotatable bonds is 19. The molecular formula is C60H55N3O6. The van der Waals surface area contributed by atoms with Gasteiger partial charge in [0.1, 0.15) is 0 Å². The average Bonchev–Trinajstić information content (AvgIpc) is 3.37. The number of amides is 4. The minimum atomic E-state index is -0.979. The standard InChI is InChI=1S/C60H55N3O6/c1-3-5-7-12-16-42(17-13-8-6-4-2)63-58(66)49-32-28-45-43-26-30-47-54-48(31-27-44(52(43)54)46-29-33-50(59(63)67)55(49)53(45)46)57(65)62(56(47)64)36-39-20-24-41(25-21-39)40-22-18-38(19-23-40)35-61-51(60(68)69)34-37-14-10-9-11-15-37/h9-11,14-15,18-33,35,42,51H,3-8,12-13,16-17,34,36H2,1-2H3,(H,68,69). The molecule has 8 aromatic carbocycles. The maximum absolute atomic E-state index is 14.6. The van der Waals surface area contributed by atoms with Gasteiger partial charge in [-0.05, 0) is 97.2 Å². The highest BCUT2D eigenvalue weighted by atomic mass is 16.4. The molecule has 1 unspecified atom stereocenters. The van der Waals surface area contributed by atoms with Gasteiger partial charge in [0.25, 0.3) is 23.6 Å². The van der Waals surface area contributed by atoms with Crippen molar-refractivity contribution in [2.24, 2.45) is 4.99 Å². The Morgan fingerprint density at radius 2 is 0.986 bits per heavy atom. The summed E-state index contributed by atoms with van der Waals surface area (Å²) in [5.41, 5.74) is 6.40. The van der Waals surface area contributed by atoms with Crippen LogP contribution < -0.4 is 0 Å². The van der Waals surface area contributed by atoms with Gasteiger partial charge in [-0.25, -0.2) is 4.79 Å². The fourth-order valence-electron chi connectivity index (χ4n) is 10.8. The van der Waals surface area contributed by atoms with Crippen LogP contribution in [0.5, 0.6) is 0 Å². The molecule has 69 heavy (non-hydrogen) atoms. The number of hydrogen-bond donors (Lipinski definition) is 1. The van der Waals surface area contributed by atoms with Gasteiger partial charge in [0.2, 0.25) is 0 Å². The number of benzene rings is 8. The van der Waals surface area contributed by atoms with Crippen LogP contribution >= 0.6 is 0 Å². The lowest BCUT2D eigenvalue weighted by Gasteiger charge is -2.35. The van der Waals surface area contributed by atoms with Crippen molar-refractivity contribution in [3.05, 3.63) is 166 Å². The molecule has 0 saturated carbocycles. The molecule has 0 radical (unpaired) electrons. The smallest absolute Gasteiger partial charge is 0.328 e. The first-order valence-electron chi connectivity index (χ1n) is 24.6. The maximum Gasteiger partial charge on any atom is 0.328 e. The van der Waals surface area contributed by atoms with Crippen molar-refractivity contribution in [1.29, 1.82) is 0 Å². The van der Waals surface area contributed by atoms with E-state index in [4.69, 9.17) is 0 Å². The number of carboxylic acid groups (broad SMARTS) is 1. The van der Waals surface area contributed by atoms with E-state index in [-0.39, 0.29) is 36.2 Å². The molecule has 1 N–H and O–H groups in total. The summed E-state index contributed by atoms with van der Waals surface area (Å²) in [7, 11) is 0. The number of carboxylic acids is 1. The molecule has 2 aliphatic rings. The molecule has 0 spiro atoms. The van der Waals surface area contributed by atoms with Crippen molar-refractivity contribution in [2.75, 3.05) is 0 Å². The second-order valence-corrected chi connectivity index (χ2v) is 18.8. The van der Waals surface area contributed by atoms with Crippen molar-refractivity contribution >= 4 is 78.9 Å². The van der Waals surface area contributed by atoms with Gasteiger partial charge in [0, 0.05) is 51.7 Å². The van der Waals surface area contributed by atoms with Gasteiger partial charge in [-0.15, -0.1) is 0 Å². The van der Waals surface area contributed by atoms with Crippen LogP contribution in [0.25, 0.3) is 54.2 Å². The summed E-state index contributed by atoms with van der Waals surface area (Å²) in [4.78, 5) is 77.1. The van der Waals surface area contributed by atoms with E-state index in [1.54, 1.807) is 11.1 Å². The molecule has 0 aromatic heterocycles. The van der Waals surface area contributed by atoms with Crippen LogP contribution in [-0.2, 0) is 17.8 Å². The third kappa shape index (κ3) is 8.34. The zero-order valence-corrected chi connectivity index (χ0v) is 39.2. The topological polar surface area (TPSA) is 124 Å². The van der Waals surface area contributed by atoms with Crippen molar-refractivity contribution in [1.82, 2.24) is 9.80 Å². The number of hydrogen-bond acceptors (Lipinski definition) is 6. The number of aliphatic imine (C=N–C) groups is 1. The molecule has 0 aliphatic carbocycles. The Kier molecular flexibility index (Phi) is 12.6. The minimum absolute atomic E-state index is 0.0939. The van der Waals surface area contributed by atoms with Crippen molar-refractivity contribution < 1.29 is 29.1 Å². The Bertz CT molecular complexity index is 3190. The largest absolute Gasteiger partial charge is 0.480 e. The van der Waals surface area contributed by atoms with Gasteiger partial charge in [0.05, 0.1) is 6.54 Å². The zero-order chi connectivity index (χ0) is 47.8. The van der Waals surface area contributed by atoms with Gasteiger partial charge in [-0.3, -0.25) is 34.0 Å². The van der Waals surface area contributed by atoms with E-state index < -0.39 is 12.0 Å². The van der Waals surface area contributed by atoms with Crippen LogP contribution in [0.4, 0.5) is 0 Å². The SMILES string of the molecule is CCCCCCC(CCCCCC)N1C(=O)c2ccc3c4ccc5c6c(ccc(c7ccc(c2c37)C1=O)c64)C(=O)N(Cc1ccc(-c2ccc(C=NC(Cc3ccccc3)C(=O)O)cc2)cc1)C5=O. The summed E-state index contributed by atoms with van der Waals surface area (Å²) in [5, 5.41) is 16.2. The second kappa shape index (κ2) is 19.2. The average molecular weight is 914 g/mol. The molecule has 2 heterocycles. The highest BCUT2D eigenvalue weighted by Crippen LogP contribution is 2.47. The highest BCUT2D eigenvalue weighted by molar-refractivity contribution is 6.41. The van der Waals surface area contributed by atoms with Crippen molar-refractivity contribution in [3.8, 4) is 11.1 Å². The van der Waals surface area contributed by atoms with Gasteiger partial charge >= 0.3 is 5.97 Å². The first-order chi connectivity index (χ1) is 33.7. The normalized spacial score (nSPS) is 14.2. The summed E-state index contributed by atoms with van der Waals surface area (Å²) in [6, 6.07) is 39.1. The van der Waals surface area contributed by atoms with Crippen LogP contribution in [0.15, 0.2) is 132 Å². The lowest BCUT2D eigenvalue weighted by atomic mass is 9.82. The van der Waals surface area contributed by atoms with E-state index >= 15 is 0 Å². The lowest BCUT2D eigenvalue weighted by Crippen LogP contribution is -2.47. The van der Waals surface area contributed by atoms with Gasteiger partial charge < -0.3 is 5.11 Å². The fraction of sp³-hybridized carbons (Fsp3) is 0.267. The van der Waals surface area contributed by atoms with Crippen LogP contribution in [0.2, 0.25) is 0 Å². The lowest BCUT2D eigenvalue weighted by molar-refractivity contribution is -0.138. The van der Waals surface area contributed by atoms with E-state index in [1.807, 2.05) is 127 Å². The molecule has 9 heteroatoms. The highest BCUT2D eigenvalue weighted by Gasteiger charge is 2.39. The molecule has 8 aromatic rings. The molecule has 9 nitrogen and oxygen atoms in total. The Morgan fingerprint density at radius 1 is 0.522 bits per heavy atom. The Hall–Kier alpha value is -7.52. The molecule has 1 atom stereocenters. The van der Waals surface area contributed by atoms with E-state index in [1.165, 1.54) is 4.90 Å². The number of fused-ring (bicyclic) bond motifs is 2. The molecule has 0 saturated heterocycles. The molecule has 4 amide bonds. The molecular weight excluding hydrogens is 859 g/mol. The quantitative estimate of drug-likeness (QED) is 0.0283. The van der Waals surface area contributed by atoms with Crippen LogP contribution in [0.1, 0.15) is 136 Å². The van der Waals surface area contributed by atoms with Gasteiger partial charge in [-0.2, -0.15) is 0 Å². The van der Waals surface area contributed by atoms with Crippen LogP contribution in [-0.4, -0.2) is 62.8 Å². The van der Waals surface area contributed by atoms with Crippen molar-refractivity contribution in [3.63, 3.8) is 0 Å². The monoisotopic (exact) mass is 913 g/mol. The van der Waals surface area contributed by atoms with E-state index in [0.29, 0.717) is 39.4 Å². The van der Waals surface area contributed by atoms with Crippen molar-refractivity contribution in [2.45, 2.75) is 103 Å². The van der Waals surface area contributed by atoms with Gasteiger partial charge in [0.15, 0.2) is 6.04 Å². The molecule has 2 aliphatic heterocycles. The number of nitrogens with zero attached hydrogens (tertiary/aromatic N) is 3. The number of carbonyl (C=O) groups is 5. The summed E-state index contributed by atoms with van der Waals surface area (Å²) in [5.74, 6) is -2.15. The number of imide groups is 2. The summed E-state index contributed by atoms with van der Waals surface area (Å²) in [6.07, 6.45) is 12.2. The maximum atomic E-state index is 14.6. The fourth-order valence-corrected chi connectivity index (χ4v) is 10.8. The number of aliphatic carboxylic acids is 1. The van der Waals surface area contributed by atoms with E-state index in [0.717, 1.165) is 124 Å². The van der Waals surface area contributed by atoms with Crippen LogP contribution in [0.3, 0.4) is 0 Å². The Morgan fingerprint density at radius 3 is 1.45 bits per heavy atom. The third-order valence-electron chi connectivity index (χ3n) is 14.4. The first kappa shape index (κ1) is 45.3. The van der Waals surface area contributed by atoms with E-state index in [2.05, 4.69) is 18.8 Å². The van der Waals surface area contributed by atoms with Crippen LogP contribution in [0, 0.1) is 0 Å². The molecule has 10 rings (SSSR count). The van der Waals surface area contributed by atoms with Gasteiger partial charge in [-0.1, -0.05) is 168 Å². The van der Waals surface area contributed by atoms with E-state index in [9.17, 15) is 29.1 Å². The Balaban J connectivity index is 0.905. The number of carbonyl (C=O) groups excluding carboxylic acids is 4. The predicted octanol–water partition coefficient (Wildman–Crippen LogP) is 13.2. The molecule has 0 fully saturated rings. The third-order valence-corrected chi connectivity index (χ3v) is 14.4. The Labute approximate surface area is 401 Å². The zero-order valence-electron chi connectivity index (χ0n) is 39.2. The summed E-state index contributed by atoms with van der Waals surface area (Å²) in [6.45, 7) is 4.47. The molecule has 0 bridgehead atoms. The first-order valence-corrected chi connectivity index (χ1v) is 24.6. The predicted molar refractivity (Wildman–Crippen MR) is 275 cm³/mol. The summed E-state index contributed by atoms with van der Waals surface area (Å²) < 4.78 is 0. The summed E-state index contributed by atoms with van der Waals surface area (Å²) >= 11 is 0.